The van der Waals surface area contributed by atoms with E-state index in [2.05, 4.69) is 43.6 Å². The molecule has 1 aromatic carbocycles. The molecule has 0 aliphatic heterocycles. The minimum absolute atomic E-state index is 0.0396. The minimum atomic E-state index is -0.655. The highest BCUT2D eigenvalue weighted by Gasteiger charge is 2.32. The normalized spacial score (nSPS) is 17.3. The highest BCUT2D eigenvalue weighted by Crippen LogP contribution is 2.35. The van der Waals surface area contributed by atoms with Gasteiger partial charge in [-0.15, -0.1) is 0 Å². The van der Waals surface area contributed by atoms with Crippen LogP contribution in [-0.4, -0.2) is 31.0 Å². The van der Waals surface area contributed by atoms with Gasteiger partial charge in [0.25, 0.3) is 0 Å². The molecule has 1 aliphatic carbocycles. The topological polar surface area (TPSA) is 87.4 Å². The van der Waals surface area contributed by atoms with Crippen molar-refractivity contribution in [2.24, 2.45) is 18.1 Å². The fourth-order valence-corrected chi connectivity index (χ4v) is 4.40. The van der Waals surface area contributed by atoms with Gasteiger partial charge in [-0.3, -0.25) is 0 Å². The SMILES string of the molecule is Cc1cc(C(=O)O/N=C2/c3c(n(C)c4ccccc34)CCC2Cn2ccnc2C)on1. The Labute approximate surface area is 179 Å². The first kappa shape index (κ1) is 19.3. The van der Waals surface area contributed by atoms with E-state index in [-0.39, 0.29) is 11.7 Å². The standard InChI is InChI=1S/C23H23N5O3/c1-14-12-20(30-25-14)23(29)31-26-22-16(13-28-11-10-24-15(28)2)8-9-19-21(22)17-6-4-5-7-18(17)27(19)3/h4-7,10-12,16H,8-9,13H2,1-3H3/b26-22+. The molecular weight excluding hydrogens is 394 g/mol. The van der Waals surface area contributed by atoms with Crippen LogP contribution in [0.3, 0.4) is 0 Å². The molecule has 3 aromatic heterocycles. The van der Waals surface area contributed by atoms with Crippen LogP contribution in [0, 0.1) is 19.8 Å². The van der Waals surface area contributed by atoms with E-state index in [0.717, 1.165) is 40.8 Å². The van der Waals surface area contributed by atoms with Crippen LogP contribution in [0.1, 0.15) is 39.8 Å². The Kier molecular flexibility index (Phi) is 4.69. The van der Waals surface area contributed by atoms with Crippen molar-refractivity contribution in [2.75, 3.05) is 0 Å². The summed E-state index contributed by atoms with van der Waals surface area (Å²) in [7, 11) is 2.07. The van der Waals surface area contributed by atoms with E-state index in [0.29, 0.717) is 12.2 Å². The average Bonchev–Trinajstić information content (AvgIpc) is 3.46. The predicted octanol–water partition coefficient (Wildman–Crippen LogP) is 3.80. The first-order chi connectivity index (χ1) is 15.0. The summed E-state index contributed by atoms with van der Waals surface area (Å²) in [6.07, 6.45) is 5.58. The summed E-state index contributed by atoms with van der Waals surface area (Å²) in [6.45, 7) is 4.45. The van der Waals surface area contributed by atoms with Crippen molar-refractivity contribution in [2.45, 2.75) is 33.2 Å². The van der Waals surface area contributed by atoms with Crippen molar-refractivity contribution in [3.8, 4) is 0 Å². The Bertz CT molecular complexity index is 1310. The summed E-state index contributed by atoms with van der Waals surface area (Å²) in [5.41, 5.74) is 4.77. The molecule has 0 N–H and O–H groups in total. The summed E-state index contributed by atoms with van der Waals surface area (Å²) >= 11 is 0. The Morgan fingerprint density at radius 1 is 1.32 bits per heavy atom. The summed E-state index contributed by atoms with van der Waals surface area (Å²) in [5.74, 6) is 0.406. The lowest BCUT2D eigenvalue weighted by molar-refractivity contribution is 0.0466. The summed E-state index contributed by atoms with van der Waals surface area (Å²) in [4.78, 5) is 22.2. The van der Waals surface area contributed by atoms with Crippen LogP contribution in [0.25, 0.3) is 10.9 Å². The zero-order valence-corrected chi connectivity index (χ0v) is 17.7. The van der Waals surface area contributed by atoms with Gasteiger partial charge < -0.3 is 18.5 Å². The van der Waals surface area contributed by atoms with Crippen molar-refractivity contribution >= 4 is 22.6 Å². The van der Waals surface area contributed by atoms with Crippen LogP contribution in [0.4, 0.5) is 0 Å². The molecule has 158 valence electrons. The fraction of sp³-hybridized carbons (Fsp3) is 0.304. The lowest BCUT2D eigenvalue weighted by Crippen LogP contribution is -2.28. The third-order valence-corrected chi connectivity index (χ3v) is 6.00. The highest BCUT2D eigenvalue weighted by atomic mass is 16.7. The first-order valence-corrected chi connectivity index (χ1v) is 10.3. The molecule has 1 atom stereocenters. The van der Waals surface area contributed by atoms with Crippen LogP contribution in [0.5, 0.6) is 0 Å². The number of oxime groups is 1. The minimum Gasteiger partial charge on any atom is -0.349 e. The molecule has 5 rings (SSSR count). The fourth-order valence-electron chi connectivity index (χ4n) is 4.40. The Morgan fingerprint density at radius 2 is 2.16 bits per heavy atom. The molecule has 0 saturated carbocycles. The van der Waals surface area contributed by atoms with Crippen LogP contribution < -0.4 is 0 Å². The monoisotopic (exact) mass is 417 g/mol. The van der Waals surface area contributed by atoms with Crippen molar-refractivity contribution in [3.05, 3.63) is 71.3 Å². The zero-order chi connectivity index (χ0) is 21.5. The van der Waals surface area contributed by atoms with Crippen molar-refractivity contribution in [1.82, 2.24) is 19.3 Å². The lowest BCUT2D eigenvalue weighted by Gasteiger charge is -2.25. The Morgan fingerprint density at radius 3 is 2.90 bits per heavy atom. The molecule has 0 saturated heterocycles. The summed E-state index contributed by atoms with van der Waals surface area (Å²) in [6, 6.07) is 9.79. The molecular formula is C23H23N5O3. The Balaban J connectivity index is 1.58. The van der Waals surface area contributed by atoms with E-state index >= 15 is 0 Å². The molecule has 31 heavy (non-hydrogen) atoms. The van der Waals surface area contributed by atoms with Crippen LogP contribution >= 0.6 is 0 Å². The van der Waals surface area contributed by atoms with Gasteiger partial charge in [0, 0.05) is 60.1 Å². The highest BCUT2D eigenvalue weighted by molar-refractivity contribution is 6.14. The number of aromatic nitrogens is 4. The van der Waals surface area contributed by atoms with Gasteiger partial charge in [-0.25, -0.2) is 9.78 Å². The largest absolute Gasteiger partial charge is 0.403 e. The van der Waals surface area contributed by atoms with E-state index in [9.17, 15) is 4.79 Å². The summed E-state index contributed by atoms with van der Waals surface area (Å²) < 4.78 is 9.35. The van der Waals surface area contributed by atoms with Crippen molar-refractivity contribution in [3.63, 3.8) is 0 Å². The maximum Gasteiger partial charge on any atom is 0.403 e. The number of carbonyl (C=O) groups is 1. The van der Waals surface area contributed by atoms with Gasteiger partial charge in [0.05, 0.1) is 11.4 Å². The molecule has 4 aromatic rings. The number of fused-ring (bicyclic) bond motifs is 3. The van der Waals surface area contributed by atoms with Gasteiger partial charge in [-0.05, 0) is 32.8 Å². The molecule has 8 nitrogen and oxygen atoms in total. The maximum absolute atomic E-state index is 12.5. The van der Waals surface area contributed by atoms with E-state index < -0.39 is 5.97 Å². The van der Waals surface area contributed by atoms with Gasteiger partial charge in [-0.2, -0.15) is 0 Å². The third kappa shape index (κ3) is 3.34. The van der Waals surface area contributed by atoms with E-state index in [1.54, 1.807) is 19.2 Å². The molecule has 0 spiro atoms. The second-order valence-corrected chi connectivity index (χ2v) is 7.95. The number of hydrogen-bond acceptors (Lipinski definition) is 6. The first-order valence-electron chi connectivity index (χ1n) is 10.3. The zero-order valence-electron chi connectivity index (χ0n) is 17.7. The average molecular weight is 417 g/mol. The van der Waals surface area contributed by atoms with Crippen LogP contribution in [0.15, 0.2) is 52.4 Å². The smallest absolute Gasteiger partial charge is 0.349 e. The van der Waals surface area contributed by atoms with E-state index in [4.69, 9.17) is 9.36 Å². The molecule has 1 aliphatic rings. The number of imidazole rings is 1. The van der Waals surface area contributed by atoms with Gasteiger partial charge in [0.2, 0.25) is 5.76 Å². The number of carbonyl (C=O) groups excluding carboxylic acids is 1. The molecule has 0 bridgehead atoms. The number of hydrogen-bond donors (Lipinski definition) is 0. The second-order valence-electron chi connectivity index (χ2n) is 7.95. The quantitative estimate of drug-likeness (QED) is 0.372. The molecule has 0 fully saturated rings. The predicted molar refractivity (Wildman–Crippen MR) is 115 cm³/mol. The van der Waals surface area contributed by atoms with E-state index in [1.807, 2.05) is 25.3 Å². The maximum atomic E-state index is 12.5. The third-order valence-electron chi connectivity index (χ3n) is 6.00. The number of para-hydroxylation sites is 1. The number of rotatable bonds is 4. The summed E-state index contributed by atoms with van der Waals surface area (Å²) in [5, 5.41) is 9.26. The molecule has 0 radical (unpaired) electrons. The van der Waals surface area contributed by atoms with E-state index in [1.165, 1.54) is 5.69 Å². The van der Waals surface area contributed by atoms with Gasteiger partial charge in [0.15, 0.2) is 0 Å². The van der Waals surface area contributed by atoms with Crippen molar-refractivity contribution in [1.29, 1.82) is 0 Å². The van der Waals surface area contributed by atoms with Crippen LogP contribution in [0.2, 0.25) is 0 Å². The van der Waals surface area contributed by atoms with Crippen molar-refractivity contribution < 1.29 is 14.2 Å². The molecule has 0 amide bonds. The van der Waals surface area contributed by atoms with Gasteiger partial charge in [0.1, 0.15) is 5.82 Å². The lowest BCUT2D eigenvalue weighted by atomic mass is 9.84. The number of nitrogens with zero attached hydrogens (tertiary/aromatic N) is 5. The Hall–Kier alpha value is -3.68. The van der Waals surface area contributed by atoms with Gasteiger partial charge in [-0.1, -0.05) is 28.5 Å². The number of aryl methyl sites for hydroxylation is 3. The second kappa shape index (κ2) is 7.54. The molecule has 1 unspecified atom stereocenters. The van der Waals surface area contributed by atoms with Gasteiger partial charge >= 0.3 is 5.97 Å². The number of benzene rings is 1. The molecule has 8 heteroatoms. The molecule has 3 heterocycles. The van der Waals surface area contributed by atoms with Crippen LogP contribution in [-0.2, 0) is 24.9 Å².